The van der Waals surface area contributed by atoms with E-state index >= 15 is 0 Å². The van der Waals surface area contributed by atoms with E-state index in [2.05, 4.69) is 5.32 Å². The molecular formula is C16H19F2NO4. The maximum atomic E-state index is 12.3. The van der Waals surface area contributed by atoms with Gasteiger partial charge in [-0.25, -0.2) is 8.78 Å². The van der Waals surface area contributed by atoms with E-state index in [0.29, 0.717) is 31.4 Å². The Bertz CT molecular complexity index is 565. The average molecular weight is 327 g/mol. The van der Waals surface area contributed by atoms with Crippen LogP contribution in [-0.4, -0.2) is 30.0 Å². The van der Waals surface area contributed by atoms with Gasteiger partial charge in [0.1, 0.15) is 12.4 Å². The van der Waals surface area contributed by atoms with Crippen LogP contribution < -0.4 is 10.1 Å². The van der Waals surface area contributed by atoms with Crippen LogP contribution in [0.15, 0.2) is 24.3 Å². The van der Waals surface area contributed by atoms with Crippen molar-refractivity contribution in [1.82, 2.24) is 0 Å². The number of para-hydroxylation sites is 2. The van der Waals surface area contributed by atoms with Crippen LogP contribution in [0.5, 0.6) is 5.75 Å². The summed E-state index contributed by atoms with van der Waals surface area (Å²) in [5.41, 5.74) is 0.315. The third-order valence-electron chi connectivity index (χ3n) is 3.90. The highest BCUT2D eigenvalue weighted by molar-refractivity contribution is 5.94. The topological polar surface area (TPSA) is 75.6 Å². The third-order valence-corrected chi connectivity index (χ3v) is 3.90. The predicted octanol–water partition coefficient (Wildman–Crippen LogP) is 3.16. The van der Waals surface area contributed by atoms with Crippen LogP contribution in [0.3, 0.4) is 0 Å². The Kier molecular flexibility index (Phi) is 5.90. The lowest BCUT2D eigenvalue weighted by Crippen LogP contribution is -2.31. The summed E-state index contributed by atoms with van der Waals surface area (Å²) in [6, 6.07) is 6.35. The van der Waals surface area contributed by atoms with E-state index < -0.39 is 30.8 Å². The number of anilines is 1. The van der Waals surface area contributed by atoms with E-state index in [4.69, 9.17) is 9.84 Å². The summed E-state index contributed by atoms with van der Waals surface area (Å²) in [6.07, 6.45) is -0.434. The summed E-state index contributed by atoms with van der Waals surface area (Å²) >= 11 is 0. The summed E-state index contributed by atoms with van der Waals surface area (Å²) in [4.78, 5) is 23.4. The van der Waals surface area contributed by atoms with Gasteiger partial charge in [-0.2, -0.15) is 0 Å². The number of halogens is 2. The Balaban J connectivity index is 2.01. The van der Waals surface area contributed by atoms with Crippen LogP contribution in [0.4, 0.5) is 14.5 Å². The van der Waals surface area contributed by atoms with Gasteiger partial charge in [0.2, 0.25) is 5.91 Å². The van der Waals surface area contributed by atoms with Crippen molar-refractivity contribution in [3.05, 3.63) is 24.3 Å². The van der Waals surface area contributed by atoms with Gasteiger partial charge in [0.05, 0.1) is 11.6 Å². The van der Waals surface area contributed by atoms with Crippen molar-refractivity contribution in [2.75, 3.05) is 11.9 Å². The summed E-state index contributed by atoms with van der Waals surface area (Å²) in [7, 11) is 0. The van der Waals surface area contributed by atoms with Crippen molar-refractivity contribution in [2.24, 2.45) is 11.8 Å². The summed E-state index contributed by atoms with van der Waals surface area (Å²) in [6.45, 7) is -0.753. The molecule has 1 saturated carbocycles. The molecule has 126 valence electrons. The number of aliphatic carboxylic acids is 1. The van der Waals surface area contributed by atoms with Gasteiger partial charge in [0.25, 0.3) is 6.43 Å². The van der Waals surface area contributed by atoms with Gasteiger partial charge in [-0.1, -0.05) is 18.6 Å². The van der Waals surface area contributed by atoms with E-state index in [9.17, 15) is 18.4 Å². The molecule has 0 heterocycles. The number of rotatable bonds is 6. The van der Waals surface area contributed by atoms with Crippen molar-refractivity contribution >= 4 is 17.6 Å². The molecule has 23 heavy (non-hydrogen) atoms. The number of carbonyl (C=O) groups is 2. The number of amides is 1. The number of alkyl halides is 2. The van der Waals surface area contributed by atoms with Crippen molar-refractivity contribution < 1.29 is 28.2 Å². The highest BCUT2D eigenvalue weighted by atomic mass is 19.3. The Labute approximate surface area is 132 Å². The molecule has 1 aromatic carbocycles. The Morgan fingerprint density at radius 2 is 1.96 bits per heavy atom. The molecule has 2 rings (SSSR count). The standard InChI is InChI=1S/C16H19F2NO4/c17-14(18)9-23-13-7-2-1-6-12(13)19-15(20)10-4-3-5-11(8-10)16(21)22/h1-2,6-7,10-11,14H,3-5,8-9H2,(H,19,20)(H,21,22). The molecule has 1 aliphatic carbocycles. The molecule has 0 aromatic heterocycles. The van der Waals surface area contributed by atoms with Crippen LogP contribution in [0.25, 0.3) is 0 Å². The SMILES string of the molecule is O=C(O)C1CCCC(C(=O)Nc2ccccc2OCC(F)F)C1. The number of benzene rings is 1. The normalized spacial score (nSPS) is 21.0. The molecule has 1 fully saturated rings. The highest BCUT2D eigenvalue weighted by Crippen LogP contribution is 2.31. The largest absolute Gasteiger partial charge is 0.485 e. The fraction of sp³-hybridized carbons (Fsp3) is 0.500. The van der Waals surface area contributed by atoms with E-state index in [1.807, 2.05) is 0 Å². The summed E-state index contributed by atoms with van der Waals surface area (Å²) in [5, 5.41) is 11.7. The monoisotopic (exact) mass is 327 g/mol. The lowest BCUT2D eigenvalue weighted by Gasteiger charge is -2.26. The van der Waals surface area contributed by atoms with Gasteiger partial charge in [0.15, 0.2) is 0 Å². The molecule has 0 bridgehead atoms. The van der Waals surface area contributed by atoms with Gasteiger partial charge in [-0.05, 0) is 31.4 Å². The first kappa shape index (κ1) is 17.2. The third kappa shape index (κ3) is 4.91. The molecule has 2 N–H and O–H groups in total. The second-order valence-electron chi connectivity index (χ2n) is 5.59. The first-order valence-electron chi connectivity index (χ1n) is 7.51. The van der Waals surface area contributed by atoms with Crippen molar-refractivity contribution in [1.29, 1.82) is 0 Å². The summed E-state index contributed by atoms with van der Waals surface area (Å²) in [5.74, 6) is -1.92. The number of nitrogens with one attached hydrogen (secondary N) is 1. The first-order valence-corrected chi connectivity index (χ1v) is 7.51. The smallest absolute Gasteiger partial charge is 0.306 e. The maximum absolute atomic E-state index is 12.3. The van der Waals surface area contributed by atoms with E-state index in [1.165, 1.54) is 6.07 Å². The van der Waals surface area contributed by atoms with Gasteiger partial charge < -0.3 is 15.2 Å². The van der Waals surface area contributed by atoms with Crippen molar-refractivity contribution in [2.45, 2.75) is 32.1 Å². The number of carbonyl (C=O) groups excluding carboxylic acids is 1. The number of carboxylic acids is 1. The van der Waals surface area contributed by atoms with Gasteiger partial charge in [0, 0.05) is 5.92 Å². The molecular weight excluding hydrogens is 308 g/mol. The van der Waals surface area contributed by atoms with Crippen LogP contribution in [0, 0.1) is 11.8 Å². The fourth-order valence-electron chi connectivity index (χ4n) is 2.74. The highest BCUT2D eigenvalue weighted by Gasteiger charge is 2.31. The lowest BCUT2D eigenvalue weighted by molar-refractivity contribution is -0.143. The van der Waals surface area contributed by atoms with Crippen LogP contribution in [0.1, 0.15) is 25.7 Å². The minimum absolute atomic E-state index is 0.173. The Hall–Kier alpha value is -2.18. The molecule has 1 amide bonds. The van der Waals surface area contributed by atoms with E-state index in [0.717, 1.165) is 0 Å². The number of hydrogen-bond donors (Lipinski definition) is 2. The van der Waals surface area contributed by atoms with Crippen LogP contribution in [-0.2, 0) is 9.59 Å². The fourth-order valence-corrected chi connectivity index (χ4v) is 2.74. The van der Waals surface area contributed by atoms with Crippen LogP contribution >= 0.6 is 0 Å². The average Bonchev–Trinajstić information content (AvgIpc) is 2.54. The zero-order valence-electron chi connectivity index (χ0n) is 12.5. The molecule has 0 aliphatic heterocycles. The zero-order chi connectivity index (χ0) is 16.8. The van der Waals surface area contributed by atoms with Gasteiger partial charge in [-0.15, -0.1) is 0 Å². The van der Waals surface area contributed by atoms with E-state index in [1.54, 1.807) is 18.2 Å². The quantitative estimate of drug-likeness (QED) is 0.841. The number of ether oxygens (including phenoxy) is 1. The van der Waals surface area contributed by atoms with Crippen LogP contribution in [0.2, 0.25) is 0 Å². The predicted molar refractivity (Wildman–Crippen MR) is 79.7 cm³/mol. The molecule has 1 aliphatic rings. The molecule has 5 nitrogen and oxygen atoms in total. The number of carboxylic acid groups (broad SMARTS) is 1. The molecule has 2 unspecified atom stereocenters. The molecule has 1 aromatic rings. The van der Waals surface area contributed by atoms with Gasteiger partial charge >= 0.3 is 5.97 Å². The second kappa shape index (κ2) is 7.89. The Morgan fingerprint density at radius 1 is 1.26 bits per heavy atom. The molecule has 0 spiro atoms. The molecule has 7 heteroatoms. The Morgan fingerprint density at radius 3 is 2.65 bits per heavy atom. The zero-order valence-corrected chi connectivity index (χ0v) is 12.5. The van der Waals surface area contributed by atoms with Gasteiger partial charge in [-0.3, -0.25) is 9.59 Å². The van der Waals surface area contributed by atoms with Crippen molar-refractivity contribution in [3.8, 4) is 5.75 Å². The second-order valence-corrected chi connectivity index (χ2v) is 5.59. The number of hydrogen-bond acceptors (Lipinski definition) is 3. The summed E-state index contributed by atoms with van der Waals surface area (Å²) < 4.78 is 29.5. The maximum Gasteiger partial charge on any atom is 0.306 e. The molecule has 0 radical (unpaired) electrons. The lowest BCUT2D eigenvalue weighted by atomic mass is 9.81. The first-order chi connectivity index (χ1) is 11.0. The van der Waals surface area contributed by atoms with E-state index in [-0.39, 0.29) is 11.7 Å². The minimum atomic E-state index is -2.60. The minimum Gasteiger partial charge on any atom is -0.485 e. The van der Waals surface area contributed by atoms with Crippen molar-refractivity contribution in [3.63, 3.8) is 0 Å². The molecule has 0 saturated heterocycles. The molecule has 2 atom stereocenters.